The summed E-state index contributed by atoms with van der Waals surface area (Å²) in [6.45, 7) is 7.51. The minimum absolute atomic E-state index is 0.118. The van der Waals surface area contributed by atoms with E-state index in [2.05, 4.69) is 72.3 Å². The maximum atomic E-state index is 5.57. The third-order valence-electron chi connectivity index (χ3n) is 3.27. The van der Waals surface area contributed by atoms with E-state index in [1.807, 2.05) is 6.07 Å². The van der Waals surface area contributed by atoms with Crippen molar-refractivity contribution in [2.45, 2.75) is 38.6 Å². The van der Waals surface area contributed by atoms with Crippen molar-refractivity contribution < 1.29 is 4.42 Å². The summed E-state index contributed by atoms with van der Waals surface area (Å²) in [7, 11) is 0. The first kappa shape index (κ1) is 15.3. The van der Waals surface area contributed by atoms with Crippen molar-refractivity contribution in [2.24, 2.45) is 0 Å². The minimum atomic E-state index is 0.118. The molecule has 2 rings (SSSR count). The van der Waals surface area contributed by atoms with Crippen LogP contribution in [-0.4, -0.2) is 12.1 Å². The predicted octanol–water partition coefficient (Wildman–Crippen LogP) is 4.76. The molecule has 0 aliphatic rings. The Morgan fingerprint density at radius 1 is 1.15 bits per heavy atom. The van der Waals surface area contributed by atoms with Crippen LogP contribution in [0.25, 0.3) is 0 Å². The lowest BCUT2D eigenvalue weighted by Gasteiger charge is -2.25. The Morgan fingerprint density at radius 2 is 1.85 bits per heavy atom. The summed E-state index contributed by atoms with van der Waals surface area (Å²) in [6, 6.07) is 12.6. The van der Waals surface area contributed by atoms with Gasteiger partial charge >= 0.3 is 0 Å². The molecule has 1 atom stereocenters. The van der Waals surface area contributed by atoms with Gasteiger partial charge in [0.15, 0.2) is 0 Å². The van der Waals surface area contributed by atoms with Gasteiger partial charge in [0.05, 0.1) is 10.7 Å². The summed E-state index contributed by atoms with van der Waals surface area (Å²) in [5.74, 6) is 1.41. The fourth-order valence-electron chi connectivity index (χ4n) is 2.16. The van der Waals surface area contributed by atoms with Gasteiger partial charge < -0.3 is 9.73 Å². The number of benzene rings is 1. The highest BCUT2D eigenvalue weighted by Crippen LogP contribution is 2.26. The summed E-state index contributed by atoms with van der Waals surface area (Å²) in [5, 5.41) is 3.60. The summed E-state index contributed by atoms with van der Waals surface area (Å²) in [4.78, 5) is 0. The van der Waals surface area contributed by atoms with E-state index in [9.17, 15) is 0 Å². The molecular weight excluding hydrogens is 314 g/mol. The Bertz CT molecular complexity index is 527. The Balaban J connectivity index is 2.14. The maximum absolute atomic E-state index is 5.57. The maximum Gasteiger partial charge on any atom is 0.118 e. The van der Waals surface area contributed by atoms with Crippen molar-refractivity contribution in [3.63, 3.8) is 0 Å². The van der Waals surface area contributed by atoms with E-state index in [1.54, 1.807) is 6.26 Å². The monoisotopic (exact) mass is 335 g/mol. The summed E-state index contributed by atoms with van der Waals surface area (Å²) in [6.07, 6.45) is 2.62. The van der Waals surface area contributed by atoms with E-state index >= 15 is 0 Å². The van der Waals surface area contributed by atoms with Crippen molar-refractivity contribution in [3.8, 4) is 0 Å². The zero-order chi connectivity index (χ0) is 14.6. The number of rotatable bonds is 5. The molecule has 0 amide bonds. The minimum Gasteiger partial charge on any atom is -0.468 e. The van der Waals surface area contributed by atoms with Gasteiger partial charge in [0, 0.05) is 24.4 Å². The van der Waals surface area contributed by atoms with Gasteiger partial charge in [-0.2, -0.15) is 0 Å². The molecule has 2 nitrogen and oxygen atoms in total. The van der Waals surface area contributed by atoms with Crippen molar-refractivity contribution in [1.82, 2.24) is 5.32 Å². The lowest BCUT2D eigenvalue weighted by atomic mass is 9.93. The third kappa shape index (κ3) is 4.50. The molecule has 0 spiro atoms. The highest BCUT2D eigenvalue weighted by atomic mass is 79.9. The zero-order valence-electron chi connectivity index (χ0n) is 12.3. The molecule has 0 aliphatic heterocycles. The lowest BCUT2D eigenvalue weighted by Crippen LogP contribution is -2.39. The van der Waals surface area contributed by atoms with Crippen LogP contribution in [0.5, 0.6) is 0 Å². The average molecular weight is 336 g/mol. The second kappa shape index (κ2) is 6.59. The van der Waals surface area contributed by atoms with Crippen LogP contribution in [-0.2, 0) is 6.42 Å². The van der Waals surface area contributed by atoms with Gasteiger partial charge in [-0.15, -0.1) is 0 Å². The molecule has 1 heterocycles. The van der Waals surface area contributed by atoms with E-state index < -0.39 is 0 Å². The summed E-state index contributed by atoms with van der Waals surface area (Å²) >= 11 is 3.54. The van der Waals surface area contributed by atoms with Crippen LogP contribution in [0.3, 0.4) is 0 Å². The number of hydrogen-bond donors (Lipinski definition) is 1. The molecule has 0 saturated carbocycles. The zero-order valence-corrected chi connectivity index (χ0v) is 13.9. The molecule has 2 aromatic rings. The van der Waals surface area contributed by atoms with Crippen LogP contribution < -0.4 is 5.32 Å². The molecule has 1 aromatic carbocycles. The first-order valence-corrected chi connectivity index (χ1v) is 7.77. The van der Waals surface area contributed by atoms with E-state index in [1.165, 1.54) is 5.56 Å². The van der Waals surface area contributed by atoms with Gasteiger partial charge in [0.25, 0.3) is 0 Å². The number of nitrogens with one attached hydrogen (secondary N) is 1. The van der Waals surface area contributed by atoms with E-state index in [4.69, 9.17) is 4.42 Å². The standard InChI is InChI=1S/C17H22BrNO/c1-17(2,3)19-12-14(13-7-5-4-6-8-13)11-16-15(18)9-10-20-16/h4-10,14,19H,11-12H2,1-3H3. The predicted molar refractivity (Wildman–Crippen MR) is 87.1 cm³/mol. The smallest absolute Gasteiger partial charge is 0.118 e. The second-order valence-corrected chi connectivity index (χ2v) is 6.99. The molecule has 0 bridgehead atoms. The summed E-state index contributed by atoms with van der Waals surface area (Å²) in [5.41, 5.74) is 1.46. The van der Waals surface area contributed by atoms with Crippen LogP contribution in [0, 0.1) is 0 Å². The molecule has 0 aliphatic carbocycles. The third-order valence-corrected chi connectivity index (χ3v) is 3.98. The fraction of sp³-hybridized carbons (Fsp3) is 0.412. The molecule has 0 fully saturated rings. The molecule has 20 heavy (non-hydrogen) atoms. The van der Waals surface area contributed by atoms with E-state index in [0.717, 1.165) is 23.2 Å². The topological polar surface area (TPSA) is 25.2 Å². The Morgan fingerprint density at radius 3 is 2.40 bits per heavy atom. The van der Waals surface area contributed by atoms with Gasteiger partial charge in [0.2, 0.25) is 0 Å². The van der Waals surface area contributed by atoms with Gasteiger partial charge in [-0.3, -0.25) is 0 Å². The first-order valence-electron chi connectivity index (χ1n) is 6.97. The second-order valence-electron chi connectivity index (χ2n) is 6.13. The van der Waals surface area contributed by atoms with Crippen molar-refractivity contribution in [2.75, 3.05) is 6.54 Å². The molecule has 108 valence electrons. The van der Waals surface area contributed by atoms with Gasteiger partial charge in [-0.25, -0.2) is 0 Å². The Hall–Kier alpha value is -1.06. The van der Waals surface area contributed by atoms with Crippen molar-refractivity contribution >= 4 is 15.9 Å². The highest BCUT2D eigenvalue weighted by Gasteiger charge is 2.18. The molecule has 1 aromatic heterocycles. The Labute approximate surface area is 129 Å². The quantitative estimate of drug-likeness (QED) is 0.852. The molecule has 1 unspecified atom stereocenters. The van der Waals surface area contributed by atoms with Gasteiger partial charge in [-0.05, 0) is 48.3 Å². The van der Waals surface area contributed by atoms with Crippen LogP contribution in [0.2, 0.25) is 0 Å². The highest BCUT2D eigenvalue weighted by molar-refractivity contribution is 9.10. The number of halogens is 1. The van der Waals surface area contributed by atoms with E-state index in [-0.39, 0.29) is 5.54 Å². The molecule has 0 saturated heterocycles. The number of hydrogen-bond acceptors (Lipinski definition) is 2. The lowest BCUT2D eigenvalue weighted by molar-refractivity contribution is 0.393. The van der Waals surface area contributed by atoms with E-state index in [0.29, 0.717) is 5.92 Å². The molecule has 3 heteroatoms. The van der Waals surface area contributed by atoms with Crippen LogP contribution in [0.1, 0.15) is 38.0 Å². The SMILES string of the molecule is CC(C)(C)NCC(Cc1occc1Br)c1ccccc1. The molecule has 0 radical (unpaired) electrons. The van der Waals surface area contributed by atoms with Crippen LogP contribution in [0.15, 0.2) is 51.6 Å². The Kier molecular flexibility index (Phi) is 5.06. The molecule has 1 N–H and O–H groups in total. The van der Waals surface area contributed by atoms with Crippen molar-refractivity contribution in [3.05, 3.63) is 58.5 Å². The average Bonchev–Trinajstić information content (AvgIpc) is 2.80. The van der Waals surface area contributed by atoms with Gasteiger partial charge in [0.1, 0.15) is 5.76 Å². The van der Waals surface area contributed by atoms with Crippen LogP contribution >= 0.6 is 15.9 Å². The normalized spacial score (nSPS) is 13.4. The fourth-order valence-corrected chi connectivity index (χ4v) is 2.52. The largest absolute Gasteiger partial charge is 0.468 e. The van der Waals surface area contributed by atoms with Crippen molar-refractivity contribution in [1.29, 1.82) is 0 Å². The number of furan rings is 1. The van der Waals surface area contributed by atoms with Crippen LogP contribution in [0.4, 0.5) is 0 Å². The summed E-state index contributed by atoms with van der Waals surface area (Å²) < 4.78 is 6.62. The molecular formula is C17H22BrNO. The first-order chi connectivity index (χ1) is 9.46. The van der Waals surface area contributed by atoms with Gasteiger partial charge in [-0.1, -0.05) is 30.3 Å².